The molecule has 1 aliphatic rings. The van der Waals surface area contributed by atoms with Gasteiger partial charge < -0.3 is 20.1 Å². The highest BCUT2D eigenvalue weighted by atomic mass is 35.5. The molecule has 0 bridgehead atoms. The van der Waals surface area contributed by atoms with Crippen LogP contribution in [-0.2, 0) is 14.3 Å². The van der Waals surface area contributed by atoms with Crippen LogP contribution in [0.2, 0.25) is 10.0 Å². The van der Waals surface area contributed by atoms with Crippen molar-refractivity contribution in [3.05, 3.63) is 64.1 Å². The third-order valence-corrected chi connectivity index (χ3v) is 5.53. The third-order valence-electron chi connectivity index (χ3n) is 4.73. The fraction of sp³-hybridized carbons (Fsp3) is 0.286. The fourth-order valence-corrected chi connectivity index (χ4v) is 3.59. The number of carbonyl (C=O) groups excluding carboxylic acids is 3. The van der Waals surface area contributed by atoms with Crippen molar-refractivity contribution in [2.75, 3.05) is 19.7 Å². The van der Waals surface area contributed by atoms with Crippen molar-refractivity contribution in [3.8, 4) is 5.75 Å². The molecule has 7 nitrogen and oxygen atoms in total. The quantitative estimate of drug-likeness (QED) is 0.653. The lowest BCUT2D eigenvalue weighted by molar-refractivity contribution is -0.132. The number of primary amides is 1. The van der Waals surface area contributed by atoms with Gasteiger partial charge in [0.25, 0.3) is 5.91 Å². The summed E-state index contributed by atoms with van der Waals surface area (Å²) in [5.74, 6) is -1.49. The number of rotatable bonds is 7. The van der Waals surface area contributed by atoms with Gasteiger partial charge in [0.2, 0.25) is 5.91 Å². The van der Waals surface area contributed by atoms with Crippen LogP contribution in [0, 0.1) is 5.92 Å². The van der Waals surface area contributed by atoms with Crippen molar-refractivity contribution in [2.45, 2.75) is 12.5 Å². The summed E-state index contributed by atoms with van der Waals surface area (Å²) in [5, 5.41) is 0.534. The van der Waals surface area contributed by atoms with Crippen molar-refractivity contribution >= 4 is 41.0 Å². The predicted molar refractivity (Wildman–Crippen MR) is 111 cm³/mol. The second kappa shape index (κ2) is 9.82. The Morgan fingerprint density at radius 2 is 1.77 bits per heavy atom. The van der Waals surface area contributed by atoms with E-state index in [0.717, 1.165) is 0 Å². The lowest BCUT2D eigenvalue weighted by Crippen LogP contribution is -2.34. The van der Waals surface area contributed by atoms with E-state index >= 15 is 0 Å². The number of halogens is 2. The Balaban J connectivity index is 1.64. The molecule has 158 valence electrons. The van der Waals surface area contributed by atoms with Crippen molar-refractivity contribution in [2.24, 2.45) is 11.7 Å². The van der Waals surface area contributed by atoms with Gasteiger partial charge in [0.05, 0.1) is 17.1 Å². The summed E-state index contributed by atoms with van der Waals surface area (Å²) in [5.41, 5.74) is 5.72. The predicted octanol–water partition coefficient (Wildman–Crippen LogP) is 2.93. The van der Waals surface area contributed by atoms with Crippen LogP contribution in [0.3, 0.4) is 0 Å². The standard InChI is InChI=1S/C21H20Cl2N2O5/c22-15-7-4-8-16(20(15)23)29-12-19(27)25-10-14(9-18(24)26)17(11-25)30-21(28)13-5-2-1-3-6-13/h1-8,14,17H,9-12H2,(H2,24,26)/t14-,17+/m0/s1. The summed E-state index contributed by atoms with van der Waals surface area (Å²) in [6.07, 6.45) is -0.652. The molecule has 0 radical (unpaired) electrons. The maximum atomic E-state index is 12.6. The van der Waals surface area contributed by atoms with Crippen molar-refractivity contribution in [1.29, 1.82) is 0 Å². The summed E-state index contributed by atoms with van der Waals surface area (Å²) in [6, 6.07) is 13.4. The summed E-state index contributed by atoms with van der Waals surface area (Å²) < 4.78 is 11.1. The number of benzene rings is 2. The van der Waals surface area contributed by atoms with Gasteiger partial charge >= 0.3 is 5.97 Å². The second-order valence-electron chi connectivity index (χ2n) is 6.88. The van der Waals surface area contributed by atoms with Gasteiger partial charge in [-0.1, -0.05) is 47.5 Å². The molecule has 1 fully saturated rings. The molecule has 0 aromatic heterocycles. The normalized spacial score (nSPS) is 18.1. The molecule has 0 aliphatic carbocycles. The summed E-state index contributed by atoms with van der Waals surface area (Å²) in [6.45, 7) is 0.0891. The average Bonchev–Trinajstić information content (AvgIpc) is 3.11. The van der Waals surface area contributed by atoms with E-state index in [9.17, 15) is 14.4 Å². The summed E-state index contributed by atoms with van der Waals surface area (Å²) in [4.78, 5) is 37.9. The number of hydrogen-bond acceptors (Lipinski definition) is 5. The zero-order valence-electron chi connectivity index (χ0n) is 15.9. The van der Waals surface area contributed by atoms with Gasteiger partial charge in [-0.25, -0.2) is 4.79 Å². The molecule has 2 aromatic rings. The highest BCUT2D eigenvalue weighted by Crippen LogP contribution is 2.31. The average molecular weight is 451 g/mol. The van der Waals surface area contributed by atoms with Gasteiger partial charge in [0.1, 0.15) is 16.9 Å². The number of likely N-dealkylation sites (tertiary alicyclic amines) is 1. The Labute approximate surface area is 183 Å². The maximum absolute atomic E-state index is 12.6. The molecule has 9 heteroatoms. The van der Waals surface area contributed by atoms with Crippen LogP contribution >= 0.6 is 23.2 Å². The van der Waals surface area contributed by atoms with E-state index in [4.69, 9.17) is 38.4 Å². The van der Waals surface area contributed by atoms with Gasteiger partial charge in [-0.3, -0.25) is 9.59 Å². The van der Waals surface area contributed by atoms with E-state index in [1.165, 1.54) is 4.90 Å². The fourth-order valence-electron chi connectivity index (χ4n) is 3.24. The first-order chi connectivity index (χ1) is 14.3. The van der Waals surface area contributed by atoms with Crippen molar-refractivity contribution in [3.63, 3.8) is 0 Å². The molecule has 3 rings (SSSR count). The van der Waals surface area contributed by atoms with Gasteiger partial charge in [-0.15, -0.1) is 0 Å². The van der Waals surface area contributed by atoms with Gasteiger partial charge in [-0.05, 0) is 24.3 Å². The Hall–Kier alpha value is -2.77. The number of esters is 1. The minimum absolute atomic E-state index is 0.00249. The van der Waals surface area contributed by atoms with E-state index < -0.39 is 23.9 Å². The van der Waals surface area contributed by atoms with Crippen LogP contribution in [0.25, 0.3) is 0 Å². The molecule has 1 saturated heterocycles. The molecule has 0 unspecified atom stereocenters. The molecule has 1 aliphatic heterocycles. The van der Waals surface area contributed by atoms with Crippen molar-refractivity contribution in [1.82, 2.24) is 4.90 Å². The van der Waals surface area contributed by atoms with E-state index in [2.05, 4.69) is 0 Å². The number of amides is 2. The van der Waals surface area contributed by atoms with Gasteiger partial charge in [0, 0.05) is 18.9 Å². The Morgan fingerprint density at radius 1 is 1.03 bits per heavy atom. The smallest absolute Gasteiger partial charge is 0.338 e. The zero-order valence-corrected chi connectivity index (χ0v) is 17.4. The first kappa shape index (κ1) is 21.9. The van der Waals surface area contributed by atoms with Crippen LogP contribution in [0.5, 0.6) is 5.75 Å². The van der Waals surface area contributed by atoms with Gasteiger partial charge in [-0.2, -0.15) is 0 Å². The molecule has 2 amide bonds. The minimum atomic E-state index is -0.649. The monoisotopic (exact) mass is 450 g/mol. The molecule has 30 heavy (non-hydrogen) atoms. The first-order valence-electron chi connectivity index (χ1n) is 9.24. The summed E-state index contributed by atoms with van der Waals surface area (Å²) in [7, 11) is 0. The second-order valence-corrected chi connectivity index (χ2v) is 7.66. The van der Waals surface area contributed by atoms with Crippen LogP contribution < -0.4 is 10.5 Å². The molecule has 0 saturated carbocycles. The molecule has 2 aromatic carbocycles. The number of nitrogens with two attached hydrogens (primary N) is 1. The molecule has 2 atom stereocenters. The lowest BCUT2D eigenvalue weighted by atomic mass is 10.0. The van der Waals surface area contributed by atoms with Crippen LogP contribution in [0.1, 0.15) is 16.8 Å². The number of hydrogen-bond donors (Lipinski definition) is 1. The highest BCUT2D eigenvalue weighted by Gasteiger charge is 2.38. The van der Waals surface area contributed by atoms with Crippen molar-refractivity contribution < 1.29 is 23.9 Å². The Kier molecular flexibility index (Phi) is 7.18. The SMILES string of the molecule is NC(=O)C[C@H]1CN(C(=O)COc2cccc(Cl)c2Cl)C[C@H]1OC(=O)c1ccccc1. The van der Waals surface area contributed by atoms with E-state index in [1.54, 1.807) is 48.5 Å². The number of carbonyl (C=O) groups is 3. The molecule has 2 N–H and O–H groups in total. The molecular formula is C21H20Cl2N2O5. The highest BCUT2D eigenvalue weighted by molar-refractivity contribution is 6.42. The molecular weight excluding hydrogens is 431 g/mol. The zero-order chi connectivity index (χ0) is 21.7. The largest absolute Gasteiger partial charge is 0.482 e. The minimum Gasteiger partial charge on any atom is -0.482 e. The van der Waals surface area contributed by atoms with Crippen LogP contribution in [-0.4, -0.2) is 48.5 Å². The van der Waals surface area contributed by atoms with Gasteiger partial charge in [0.15, 0.2) is 6.61 Å². The molecule has 0 spiro atoms. The maximum Gasteiger partial charge on any atom is 0.338 e. The van der Waals surface area contributed by atoms with E-state index in [0.29, 0.717) is 10.6 Å². The Bertz CT molecular complexity index is 938. The van der Waals surface area contributed by atoms with E-state index in [-0.39, 0.29) is 42.8 Å². The van der Waals surface area contributed by atoms with Crippen LogP contribution in [0.15, 0.2) is 48.5 Å². The number of nitrogens with zero attached hydrogens (tertiary/aromatic N) is 1. The van der Waals surface area contributed by atoms with Crippen LogP contribution in [0.4, 0.5) is 0 Å². The number of ether oxygens (including phenoxy) is 2. The lowest BCUT2D eigenvalue weighted by Gasteiger charge is -2.18. The Morgan fingerprint density at radius 3 is 2.47 bits per heavy atom. The first-order valence-corrected chi connectivity index (χ1v) is 9.99. The molecule has 1 heterocycles. The summed E-state index contributed by atoms with van der Waals surface area (Å²) >= 11 is 12.0. The van der Waals surface area contributed by atoms with E-state index in [1.807, 2.05) is 0 Å². The topological polar surface area (TPSA) is 98.9 Å². The third kappa shape index (κ3) is 5.43.